The molecule has 0 aliphatic rings. The van der Waals surface area contributed by atoms with Crippen molar-refractivity contribution in [3.05, 3.63) is 0 Å². The summed E-state index contributed by atoms with van der Waals surface area (Å²) >= 11 is 0. The van der Waals surface area contributed by atoms with Gasteiger partial charge in [-0.25, -0.2) is 0 Å². The van der Waals surface area contributed by atoms with Crippen molar-refractivity contribution in [1.29, 1.82) is 0 Å². The highest BCUT2D eigenvalue weighted by atomic mass is 16.6. The van der Waals surface area contributed by atoms with Gasteiger partial charge < -0.3 is 9.47 Å². The largest absolute Gasteiger partial charge is 0.465 e. The van der Waals surface area contributed by atoms with Crippen molar-refractivity contribution < 1.29 is 19.1 Å². The average molecular weight is 254 g/mol. The maximum Gasteiger partial charge on any atom is 0.321 e. The van der Waals surface area contributed by atoms with Gasteiger partial charge in [-0.05, 0) is 12.8 Å². The molecule has 4 nitrogen and oxygen atoms in total. The average Bonchev–Trinajstić information content (AvgIpc) is 2.36. The molecule has 0 rings (SSSR count). The van der Waals surface area contributed by atoms with Crippen molar-refractivity contribution in [2.24, 2.45) is 5.92 Å². The Morgan fingerprint density at radius 2 is 1.50 bits per heavy atom. The van der Waals surface area contributed by atoms with Crippen LogP contribution in [0.25, 0.3) is 0 Å². The van der Waals surface area contributed by atoms with Gasteiger partial charge in [0.05, 0.1) is 13.2 Å². The number of carbonyl (C=O) groups is 2. The maximum atomic E-state index is 11.7. The normalized spacial score (nSPS) is 9.89. The fourth-order valence-corrected chi connectivity index (χ4v) is 1.22. The van der Waals surface area contributed by atoms with Crippen LogP contribution < -0.4 is 0 Å². The Hall–Kier alpha value is -1.50. The minimum atomic E-state index is -0.983. The van der Waals surface area contributed by atoms with E-state index in [0.29, 0.717) is 13.2 Å². The standard InChI is InChI=1S/C14H22O4/c1-4-7-10-17-13(15)12(9-6-3)14(16)18-11-8-5-2/h3,12H,4-5,7-11H2,1-2H3. The second kappa shape index (κ2) is 10.6. The third kappa shape index (κ3) is 6.95. The zero-order chi connectivity index (χ0) is 13.8. The molecule has 0 bridgehead atoms. The number of terminal acetylenes is 1. The Labute approximate surface area is 109 Å². The van der Waals surface area contributed by atoms with E-state index in [9.17, 15) is 9.59 Å². The van der Waals surface area contributed by atoms with E-state index in [1.807, 2.05) is 13.8 Å². The first-order valence-electron chi connectivity index (χ1n) is 6.44. The van der Waals surface area contributed by atoms with Crippen molar-refractivity contribution in [3.63, 3.8) is 0 Å². The fraction of sp³-hybridized carbons (Fsp3) is 0.714. The quantitative estimate of drug-likeness (QED) is 0.274. The van der Waals surface area contributed by atoms with Crippen LogP contribution in [0, 0.1) is 18.3 Å². The zero-order valence-corrected chi connectivity index (χ0v) is 11.2. The van der Waals surface area contributed by atoms with Gasteiger partial charge in [-0.15, -0.1) is 12.3 Å². The molecular formula is C14H22O4. The number of hydrogen-bond acceptors (Lipinski definition) is 4. The van der Waals surface area contributed by atoms with E-state index in [4.69, 9.17) is 15.9 Å². The van der Waals surface area contributed by atoms with E-state index in [0.717, 1.165) is 25.7 Å². The van der Waals surface area contributed by atoms with E-state index in [-0.39, 0.29) is 6.42 Å². The van der Waals surface area contributed by atoms with Gasteiger partial charge in [0.1, 0.15) is 0 Å². The summed E-state index contributed by atoms with van der Waals surface area (Å²) in [4.78, 5) is 23.3. The van der Waals surface area contributed by atoms with Crippen LogP contribution >= 0.6 is 0 Å². The number of esters is 2. The lowest BCUT2D eigenvalue weighted by atomic mass is 10.1. The van der Waals surface area contributed by atoms with Crippen molar-refractivity contribution in [2.45, 2.75) is 46.0 Å². The van der Waals surface area contributed by atoms with Crippen LogP contribution in [0.4, 0.5) is 0 Å². The van der Waals surface area contributed by atoms with Crippen LogP contribution in [0.1, 0.15) is 46.0 Å². The first-order valence-corrected chi connectivity index (χ1v) is 6.44. The van der Waals surface area contributed by atoms with Crippen molar-refractivity contribution in [2.75, 3.05) is 13.2 Å². The highest BCUT2D eigenvalue weighted by molar-refractivity contribution is 5.95. The predicted molar refractivity (Wildman–Crippen MR) is 68.7 cm³/mol. The van der Waals surface area contributed by atoms with Gasteiger partial charge in [0, 0.05) is 6.42 Å². The van der Waals surface area contributed by atoms with E-state index in [1.165, 1.54) is 0 Å². The lowest BCUT2D eigenvalue weighted by Gasteiger charge is -2.13. The topological polar surface area (TPSA) is 52.6 Å². The third-order valence-corrected chi connectivity index (χ3v) is 2.38. The smallest absolute Gasteiger partial charge is 0.321 e. The fourth-order valence-electron chi connectivity index (χ4n) is 1.22. The third-order valence-electron chi connectivity index (χ3n) is 2.38. The lowest BCUT2D eigenvalue weighted by molar-refractivity contribution is -0.162. The Morgan fingerprint density at radius 1 is 1.06 bits per heavy atom. The Bertz CT molecular complexity index is 269. The Balaban J connectivity index is 4.22. The Morgan fingerprint density at radius 3 is 1.83 bits per heavy atom. The van der Waals surface area contributed by atoms with Crippen molar-refractivity contribution in [3.8, 4) is 12.3 Å². The molecule has 0 saturated heterocycles. The van der Waals surface area contributed by atoms with E-state index in [1.54, 1.807) is 0 Å². The second-order valence-corrected chi connectivity index (χ2v) is 4.00. The first kappa shape index (κ1) is 16.5. The SMILES string of the molecule is C#CCC(C(=O)OCCCC)C(=O)OCCCC. The maximum absolute atomic E-state index is 11.7. The number of carbonyl (C=O) groups excluding carboxylic acids is 2. The summed E-state index contributed by atoms with van der Waals surface area (Å²) < 4.78 is 9.98. The molecular weight excluding hydrogens is 232 g/mol. The molecule has 0 aliphatic carbocycles. The summed E-state index contributed by atoms with van der Waals surface area (Å²) in [5.41, 5.74) is 0. The molecule has 0 heterocycles. The first-order chi connectivity index (χ1) is 8.67. The molecule has 0 N–H and O–H groups in total. The highest BCUT2D eigenvalue weighted by Gasteiger charge is 2.28. The molecule has 4 heteroatoms. The molecule has 0 saturated carbocycles. The van der Waals surface area contributed by atoms with Crippen LogP contribution in [0.5, 0.6) is 0 Å². The van der Waals surface area contributed by atoms with Crippen LogP contribution in [-0.2, 0) is 19.1 Å². The van der Waals surface area contributed by atoms with E-state index >= 15 is 0 Å². The molecule has 0 aromatic rings. The molecule has 102 valence electrons. The lowest BCUT2D eigenvalue weighted by Crippen LogP contribution is -2.28. The van der Waals surface area contributed by atoms with Crippen molar-refractivity contribution in [1.82, 2.24) is 0 Å². The second-order valence-electron chi connectivity index (χ2n) is 4.00. The number of hydrogen-bond donors (Lipinski definition) is 0. The summed E-state index contributed by atoms with van der Waals surface area (Å²) in [6.07, 6.45) is 8.58. The number of unbranched alkanes of at least 4 members (excludes halogenated alkanes) is 2. The molecule has 0 aromatic heterocycles. The number of rotatable bonds is 9. The summed E-state index contributed by atoms with van der Waals surface area (Å²) in [5.74, 6) is 0.165. The molecule has 0 amide bonds. The monoisotopic (exact) mass is 254 g/mol. The molecule has 0 atom stereocenters. The molecule has 0 aromatic carbocycles. The molecule has 0 unspecified atom stereocenters. The summed E-state index contributed by atoms with van der Waals surface area (Å²) in [6, 6.07) is 0. The minimum Gasteiger partial charge on any atom is -0.465 e. The summed E-state index contributed by atoms with van der Waals surface area (Å²) in [7, 11) is 0. The van der Waals surface area contributed by atoms with Gasteiger partial charge in [0.25, 0.3) is 0 Å². The molecule has 18 heavy (non-hydrogen) atoms. The van der Waals surface area contributed by atoms with E-state index < -0.39 is 17.9 Å². The number of ether oxygens (including phenoxy) is 2. The molecule has 0 spiro atoms. The van der Waals surface area contributed by atoms with E-state index in [2.05, 4.69) is 5.92 Å². The summed E-state index contributed by atoms with van der Waals surface area (Å²) in [6.45, 7) is 4.62. The van der Waals surface area contributed by atoms with Crippen LogP contribution in [0.15, 0.2) is 0 Å². The molecule has 0 radical (unpaired) electrons. The molecule has 0 aliphatic heterocycles. The van der Waals surface area contributed by atoms with Gasteiger partial charge in [0.2, 0.25) is 0 Å². The van der Waals surface area contributed by atoms with Crippen LogP contribution in [0.2, 0.25) is 0 Å². The van der Waals surface area contributed by atoms with Gasteiger partial charge in [-0.3, -0.25) is 9.59 Å². The summed E-state index contributed by atoms with van der Waals surface area (Å²) in [5, 5.41) is 0. The minimum absolute atomic E-state index is 0.0237. The van der Waals surface area contributed by atoms with Crippen LogP contribution in [0.3, 0.4) is 0 Å². The van der Waals surface area contributed by atoms with Gasteiger partial charge in [-0.2, -0.15) is 0 Å². The van der Waals surface area contributed by atoms with Gasteiger partial charge in [0.15, 0.2) is 5.92 Å². The van der Waals surface area contributed by atoms with Gasteiger partial charge in [-0.1, -0.05) is 26.7 Å². The highest BCUT2D eigenvalue weighted by Crippen LogP contribution is 2.09. The molecule has 0 fully saturated rings. The van der Waals surface area contributed by atoms with Crippen LogP contribution in [-0.4, -0.2) is 25.2 Å². The van der Waals surface area contributed by atoms with Crippen molar-refractivity contribution >= 4 is 11.9 Å². The van der Waals surface area contributed by atoms with Gasteiger partial charge >= 0.3 is 11.9 Å². The zero-order valence-electron chi connectivity index (χ0n) is 11.2. The Kier molecular flexibility index (Phi) is 9.75. The predicted octanol–water partition coefficient (Wildman–Crippen LogP) is 2.31.